The van der Waals surface area contributed by atoms with Crippen molar-refractivity contribution in [2.45, 2.75) is 19.4 Å². The molecule has 0 aromatic carbocycles. The second-order valence-corrected chi connectivity index (χ2v) is 3.36. The van der Waals surface area contributed by atoms with Gasteiger partial charge in [0.1, 0.15) is 0 Å². The fourth-order valence-corrected chi connectivity index (χ4v) is 1.32. The minimum absolute atomic E-state index is 0.0883. The number of aliphatic hydroxyl groups excluding tert-OH is 1. The van der Waals surface area contributed by atoms with Gasteiger partial charge in [0.2, 0.25) is 0 Å². The largest absolute Gasteiger partial charge is 0.453 e. The van der Waals surface area contributed by atoms with Crippen molar-refractivity contribution in [2.75, 3.05) is 20.3 Å². The molecule has 6 nitrogen and oxygen atoms in total. The Bertz CT molecular complexity index is 325. The van der Waals surface area contributed by atoms with Crippen molar-refractivity contribution in [3.8, 4) is 0 Å². The van der Waals surface area contributed by atoms with Crippen LogP contribution in [-0.4, -0.2) is 41.2 Å². The lowest BCUT2D eigenvalue weighted by Gasteiger charge is -2.01. The lowest BCUT2D eigenvalue weighted by molar-refractivity contribution is 0.171. The molecule has 0 aliphatic heterocycles. The minimum atomic E-state index is -0.407. The molecule has 90 valence electrons. The van der Waals surface area contributed by atoms with Gasteiger partial charge in [-0.05, 0) is 18.4 Å². The van der Waals surface area contributed by atoms with Gasteiger partial charge in [-0.15, -0.1) is 0 Å². The Kier molecular flexibility index (Phi) is 5.35. The zero-order valence-corrected chi connectivity index (χ0v) is 9.35. The van der Waals surface area contributed by atoms with Crippen LogP contribution < -0.4 is 5.32 Å². The van der Waals surface area contributed by atoms with Crippen molar-refractivity contribution in [3.05, 3.63) is 18.0 Å². The number of aliphatic hydroxyl groups is 1. The van der Waals surface area contributed by atoms with Crippen LogP contribution in [0.2, 0.25) is 0 Å². The van der Waals surface area contributed by atoms with E-state index >= 15 is 0 Å². The molecule has 0 saturated heterocycles. The van der Waals surface area contributed by atoms with Crippen LogP contribution in [0.25, 0.3) is 0 Å². The fourth-order valence-electron chi connectivity index (χ4n) is 1.32. The van der Waals surface area contributed by atoms with Crippen LogP contribution in [-0.2, 0) is 17.7 Å². The summed E-state index contributed by atoms with van der Waals surface area (Å²) in [7, 11) is 1.34. The van der Waals surface area contributed by atoms with Crippen LogP contribution in [0.1, 0.15) is 12.0 Å². The number of carbonyl (C=O) groups excluding carboxylic acids is 1. The second kappa shape index (κ2) is 6.84. The first-order valence-corrected chi connectivity index (χ1v) is 5.20. The Morgan fingerprint density at radius 1 is 1.69 bits per heavy atom. The van der Waals surface area contributed by atoms with Crippen LogP contribution in [0.5, 0.6) is 0 Å². The maximum absolute atomic E-state index is 10.7. The summed E-state index contributed by atoms with van der Waals surface area (Å²) in [6.45, 7) is 1.18. The molecule has 2 N–H and O–H groups in total. The van der Waals surface area contributed by atoms with Gasteiger partial charge in [-0.1, -0.05) is 0 Å². The van der Waals surface area contributed by atoms with Gasteiger partial charge in [0.05, 0.1) is 26.5 Å². The minimum Gasteiger partial charge on any atom is -0.453 e. The Labute approximate surface area is 94.2 Å². The lowest BCUT2D eigenvalue weighted by atomic mass is 10.2. The standard InChI is InChI=1S/C10H17N3O3/c1-16-10(15)11-4-2-3-9-7-12-13(8-9)5-6-14/h7-8,14H,2-6H2,1H3,(H,11,15). The van der Waals surface area contributed by atoms with E-state index in [-0.39, 0.29) is 6.61 Å². The van der Waals surface area contributed by atoms with Crippen molar-refractivity contribution in [1.82, 2.24) is 15.1 Å². The predicted octanol–water partition coefficient (Wildman–Crippen LogP) is 0.164. The highest BCUT2D eigenvalue weighted by Gasteiger charge is 2.00. The molecule has 16 heavy (non-hydrogen) atoms. The summed E-state index contributed by atoms with van der Waals surface area (Å²) in [5.74, 6) is 0. The number of carbonyl (C=O) groups is 1. The van der Waals surface area contributed by atoms with Gasteiger partial charge in [-0.25, -0.2) is 4.79 Å². The van der Waals surface area contributed by atoms with E-state index in [4.69, 9.17) is 5.11 Å². The number of hydrogen-bond acceptors (Lipinski definition) is 4. The number of nitrogens with zero attached hydrogens (tertiary/aromatic N) is 2. The van der Waals surface area contributed by atoms with Gasteiger partial charge in [-0.3, -0.25) is 4.68 Å². The van der Waals surface area contributed by atoms with Crippen LogP contribution in [0.15, 0.2) is 12.4 Å². The summed E-state index contributed by atoms with van der Waals surface area (Å²) < 4.78 is 6.14. The van der Waals surface area contributed by atoms with Crippen LogP contribution in [0.4, 0.5) is 4.79 Å². The van der Waals surface area contributed by atoms with Crippen LogP contribution in [0.3, 0.4) is 0 Å². The Morgan fingerprint density at radius 2 is 2.50 bits per heavy atom. The summed E-state index contributed by atoms with van der Waals surface area (Å²) in [6.07, 6.45) is 4.94. The van der Waals surface area contributed by atoms with Crippen molar-refractivity contribution < 1.29 is 14.6 Å². The molecule has 0 aliphatic carbocycles. The topological polar surface area (TPSA) is 76.4 Å². The van der Waals surface area contributed by atoms with E-state index in [0.29, 0.717) is 13.1 Å². The Hall–Kier alpha value is -1.56. The molecule has 1 amide bonds. The summed E-state index contributed by atoms with van der Waals surface area (Å²) in [4.78, 5) is 10.7. The number of aromatic nitrogens is 2. The number of rotatable bonds is 6. The first kappa shape index (κ1) is 12.5. The van der Waals surface area contributed by atoms with Crippen LogP contribution >= 0.6 is 0 Å². The number of nitrogens with one attached hydrogen (secondary N) is 1. The molecular weight excluding hydrogens is 210 g/mol. The third kappa shape index (κ3) is 4.31. The molecule has 1 aromatic heterocycles. The first-order valence-electron chi connectivity index (χ1n) is 5.20. The highest BCUT2D eigenvalue weighted by atomic mass is 16.5. The van der Waals surface area contributed by atoms with Crippen molar-refractivity contribution in [2.24, 2.45) is 0 Å². The normalized spacial score (nSPS) is 10.1. The van der Waals surface area contributed by atoms with Crippen molar-refractivity contribution >= 4 is 6.09 Å². The van der Waals surface area contributed by atoms with E-state index in [1.165, 1.54) is 7.11 Å². The van der Waals surface area contributed by atoms with Gasteiger partial charge in [0.15, 0.2) is 0 Å². The number of hydrogen-bond donors (Lipinski definition) is 2. The highest BCUT2D eigenvalue weighted by molar-refractivity contribution is 5.66. The fraction of sp³-hybridized carbons (Fsp3) is 0.600. The molecule has 0 fully saturated rings. The number of alkyl carbamates (subject to hydrolysis) is 1. The van der Waals surface area contributed by atoms with Crippen molar-refractivity contribution in [3.63, 3.8) is 0 Å². The first-order chi connectivity index (χ1) is 7.76. The molecule has 6 heteroatoms. The SMILES string of the molecule is COC(=O)NCCCc1cnn(CCO)c1. The quantitative estimate of drug-likeness (QED) is 0.679. The average Bonchev–Trinajstić information content (AvgIpc) is 2.72. The molecule has 0 atom stereocenters. The molecule has 1 heterocycles. The number of amides is 1. The van der Waals surface area contributed by atoms with Gasteiger partial charge >= 0.3 is 6.09 Å². The maximum Gasteiger partial charge on any atom is 0.406 e. The van der Waals surface area contributed by atoms with Gasteiger partial charge in [0, 0.05) is 12.7 Å². The predicted molar refractivity (Wildman–Crippen MR) is 58.0 cm³/mol. The van der Waals surface area contributed by atoms with E-state index < -0.39 is 6.09 Å². The average molecular weight is 227 g/mol. The van der Waals surface area contributed by atoms with E-state index in [9.17, 15) is 4.79 Å². The molecule has 1 aromatic rings. The third-order valence-electron chi connectivity index (χ3n) is 2.11. The summed E-state index contributed by atoms with van der Waals surface area (Å²) in [5.41, 5.74) is 1.10. The molecule has 1 rings (SSSR count). The highest BCUT2D eigenvalue weighted by Crippen LogP contribution is 2.01. The monoisotopic (exact) mass is 227 g/mol. The Morgan fingerprint density at radius 3 is 3.19 bits per heavy atom. The lowest BCUT2D eigenvalue weighted by Crippen LogP contribution is -2.24. The van der Waals surface area contributed by atoms with Gasteiger partial charge in [0.25, 0.3) is 0 Å². The molecule has 0 aliphatic rings. The summed E-state index contributed by atoms with van der Waals surface area (Å²) >= 11 is 0. The van der Waals surface area contributed by atoms with E-state index in [2.05, 4.69) is 15.2 Å². The molecule has 0 spiro atoms. The van der Waals surface area contributed by atoms with E-state index in [1.807, 2.05) is 6.20 Å². The van der Waals surface area contributed by atoms with E-state index in [1.54, 1.807) is 10.9 Å². The second-order valence-electron chi connectivity index (χ2n) is 3.36. The maximum atomic E-state index is 10.7. The molecule has 0 saturated carbocycles. The smallest absolute Gasteiger partial charge is 0.406 e. The molecule has 0 radical (unpaired) electrons. The molecule has 0 unspecified atom stereocenters. The van der Waals surface area contributed by atoms with E-state index in [0.717, 1.165) is 18.4 Å². The summed E-state index contributed by atoms with van der Waals surface area (Å²) in [5, 5.41) is 15.4. The van der Waals surface area contributed by atoms with Gasteiger partial charge in [-0.2, -0.15) is 5.10 Å². The number of ether oxygens (including phenoxy) is 1. The number of aryl methyl sites for hydroxylation is 1. The third-order valence-corrected chi connectivity index (χ3v) is 2.11. The molecular formula is C10H17N3O3. The summed E-state index contributed by atoms with van der Waals surface area (Å²) in [6, 6.07) is 0. The van der Waals surface area contributed by atoms with Crippen LogP contribution in [0, 0.1) is 0 Å². The van der Waals surface area contributed by atoms with Crippen molar-refractivity contribution in [1.29, 1.82) is 0 Å². The molecule has 0 bridgehead atoms. The zero-order chi connectivity index (χ0) is 11.8. The number of methoxy groups -OCH3 is 1. The van der Waals surface area contributed by atoms with Gasteiger partial charge < -0.3 is 15.2 Å². The zero-order valence-electron chi connectivity index (χ0n) is 9.35. The Balaban J connectivity index is 2.19.